The lowest BCUT2D eigenvalue weighted by molar-refractivity contribution is -0.127. The maximum absolute atomic E-state index is 12.5. The Morgan fingerprint density at radius 1 is 1.26 bits per heavy atom. The number of hydrogen-bond donors (Lipinski definition) is 3. The SMILES string of the molecule is CNC(=O)c1cnc(-c2ccc[nH]2)cc1Nc1ccnc(N2CC3(COC3)C2)c1OC. The summed E-state index contributed by atoms with van der Waals surface area (Å²) in [7, 11) is 3.23. The molecule has 2 aliphatic rings. The summed E-state index contributed by atoms with van der Waals surface area (Å²) in [5.41, 5.74) is 3.64. The lowest BCUT2D eigenvalue weighted by Crippen LogP contribution is -2.66. The number of hydrogen-bond acceptors (Lipinski definition) is 7. The van der Waals surface area contributed by atoms with Crippen molar-refractivity contribution in [2.45, 2.75) is 0 Å². The fourth-order valence-electron chi connectivity index (χ4n) is 4.11. The van der Waals surface area contributed by atoms with Crippen molar-refractivity contribution >= 4 is 23.1 Å². The van der Waals surface area contributed by atoms with Gasteiger partial charge in [-0.05, 0) is 24.3 Å². The zero-order chi connectivity index (χ0) is 21.4. The topological polar surface area (TPSA) is 104 Å². The van der Waals surface area contributed by atoms with Crippen molar-refractivity contribution in [3.8, 4) is 17.1 Å². The Kier molecular flexibility index (Phi) is 4.74. The van der Waals surface area contributed by atoms with Gasteiger partial charge < -0.3 is 30.0 Å². The highest BCUT2D eigenvalue weighted by Gasteiger charge is 2.50. The summed E-state index contributed by atoms with van der Waals surface area (Å²) in [6, 6.07) is 7.52. The molecule has 9 heteroatoms. The molecule has 3 aromatic rings. The van der Waals surface area contributed by atoms with Crippen molar-refractivity contribution in [1.82, 2.24) is 20.3 Å². The van der Waals surface area contributed by atoms with Crippen molar-refractivity contribution in [2.24, 2.45) is 5.41 Å². The second kappa shape index (κ2) is 7.59. The third-order valence-corrected chi connectivity index (χ3v) is 5.78. The number of pyridine rings is 2. The van der Waals surface area contributed by atoms with Crippen LogP contribution in [0.4, 0.5) is 17.2 Å². The second-order valence-electron chi connectivity index (χ2n) is 7.97. The summed E-state index contributed by atoms with van der Waals surface area (Å²) in [4.78, 5) is 26.8. The summed E-state index contributed by atoms with van der Waals surface area (Å²) in [5.74, 6) is 1.19. The smallest absolute Gasteiger partial charge is 0.254 e. The molecule has 2 fully saturated rings. The number of ether oxygens (including phenoxy) is 2. The molecule has 31 heavy (non-hydrogen) atoms. The quantitative estimate of drug-likeness (QED) is 0.563. The van der Waals surface area contributed by atoms with Crippen molar-refractivity contribution in [3.63, 3.8) is 0 Å². The highest BCUT2D eigenvalue weighted by Crippen LogP contribution is 2.44. The zero-order valence-electron chi connectivity index (χ0n) is 17.4. The van der Waals surface area contributed by atoms with E-state index in [2.05, 4.69) is 30.5 Å². The molecule has 0 saturated carbocycles. The molecule has 0 unspecified atom stereocenters. The van der Waals surface area contributed by atoms with Crippen LogP contribution in [0, 0.1) is 5.41 Å². The van der Waals surface area contributed by atoms with E-state index in [0.29, 0.717) is 17.0 Å². The Morgan fingerprint density at radius 3 is 2.74 bits per heavy atom. The number of anilines is 3. The number of rotatable bonds is 6. The molecular formula is C22H24N6O3. The first kappa shape index (κ1) is 19.4. The Hall–Kier alpha value is -3.59. The molecule has 5 heterocycles. The lowest BCUT2D eigenvalue weighted by Gasteiger charge is -2.55. The summed E-state index contributed by atoms with van der Waals surface area (Å²) < 4.78 is 11.1. The average molecular weight is 420 g/mol. The highest BCUT2D eigenvalue weighted by molar-refractivity contribution is 6.00. The lowest BCUT2D eigenvalue weighted by atomic mass is 9.78. The third kappa shape index (κ3) is 3.36. The first-order chi connectivity index (χ1) is 15.1. The van der Waals surface area contributed by atoms with Gasteiger partial charge in [0.2, 0.25) is 0 Å². The van der Waals surface area contributed by atoms with E-state index in [1.165, 1.54) is 0 Å². The minimum absolute atomic E-state index is 0.226. The molecule has 160 valence electrons. The number of amides is 1. The number of nitrogens with one attached hydrogen (secondary N) is 3. The van der Waals surface area contributed by atoms with Crippen LogP contribution in [0.5, 0.6) is 5.75 Å². The standard InChI is InChI=1S/C22H24N6O3/c1-23-21(29)14-9-26-18(15-4-3-6-24-15)8-17(14)27-16-5-7-25-20(19(16)30-2)28-10-22(11-28)12-31-13-22/h3-9,24H,10-13H2,1-2H3,(H,23,29)(H,25,26,27). The second-order valence-corrected chi connectivity index (χ2v) is 7.97. The summed E-state index contributed by atoms with van der Waals surface area (Å²) in [6.45, 7) is 3.40. The van der Waals surface area contributed by atoms with Crippen LogP contribution in [0.2, 0.25) is 0 Å². The van der Waals surface area contributed by atoms with E-state index < -0.39 is 0 Å². The zero-order valence-corrected chi connectivity index (χ0v) is 17.4. The van der Waals surface area contributed by atoms with Crippen LogP contribution in [-0.2, 0) is 4.74 Å². The molecule has 0 radical (unpaired) electrons. The molecule has 9 nitrogen and oxygen atoms in total. The molecule has 2 saturated heterocycles. The Balaban J connectivity index is 1.49. The number of aromatic nitrogens is 3. The van der Waals surface area contributed by atoms with Gasteiger partial charge in [-0.15, -0.1) is 0 Å². The molecule has 0 aromatic carbocycles. The maximum Gasteiger partial charge on any atom is 0.254 e. The molecule has 0 aliphatic carbocycles. The van der Waals surface area contributed by atoms with Crippen LogP contribution in [-0.4, -0.2) is 61.3 Å². The van der Waals surface area contributed by atoms with Crippen molar-refractivity contribution in [3.05, 3.63) is 48.4 Å². The molecule has 2 aliphatic heterocycles. The molecule has 0 bridgehead atoms. The molecule has 1 amide bonds. The van der Waals surface area contributed by atoms with Crippen LogP contribution < -0.4 is 20.3 Å². The van der Waals surface area contributed by atoms with Gasteiger partial charge in [-0.3, -0.25) is 9.78 Å². The number of methoxy groups -OCH3 is 1. The summed E-state index contributed by atoms with van der Waals surface area (Å²) in [5, 5.41) is 6.04. The van der Waals surface area contributed by atoms with Crippen molar-refractivity contribution < 1.29 is 14.3 Å². The van der Waals surface area contributed by atoms with Gasteiger partial charge in [-0.25, -0.2) is 4.98 Å². The maximum atomic E-state index is 12.5. The fourth-order valence-corrected chi connectivity index (χ4v) is 4.11. The van der Waals surface area contributed by atoms with Gasteiger partial charge in [0.05, 0.1) is 54.1 Å². The predicted octanol–water partition coefficient (Wildman–Crippen LogP) is 2.42. The number of nitrogens with zero attached hydrogens (tertiary/aromatic N) is 3. The molecule has 3 N–H and O–H groups in total. The van der Waals surface area contributed by atoms with Crippen molar-refractivity contribution in [1.29, 1.82) is 0 Å². The van der Waals surface area contributed by atoms with E-state index in [9.17, 15) is 4.79 Å². The average Bonchev–Trinajstić information content (AvgIpc) is 3.26. The first-order valence-electron chi connectivity index (χ1n) is 10.1. The van der Waals surface area contributed by atoms with E-state index in [1.807, 2.05) is 30.5 Å². The molecule has 0 atom stereocenters. The number of carbonyl (C=O) groups is 1. The van der Waals surface area contributed by atoms with Crippen LogP contribution in [0.1, 0.15) is 10.4 Å². The monoisotopic (exact) mass is 420 g/mol. The van der Waals surface area contributed by atoms with Crippen LogP contribution in [0.15, 0.2) is 42.9 Å². The fraction of sp³-hybridized carbons (Fsp3) is 0.318. The van der Waals surface area contributed by atoms with E-state index in [0.717, 1.165) is 49.2 Å². The highest BCUT2D eigenvalue weighted by atomic mass is 16.5. The summed E-state index contributed by atoms with van der Waals surface area (Å²) in [6.07, 6.45) is 5.15. The minimum atomic E-state index is -0.226. The predicted molar refractivity (Wildman–Crippen MR) is 117 cm³/mol. The minimum Gasteiger partial charge on any atom is -0.491 e. The normalized spacial score (nSPS) is 16.4. The molecule has 3 aromatic heterocycles. The van der Waals surface area contributed by atoms with Gasteiger partial charge in [0.25, 0.3) is 5.91 Å². The van der Waals surface area contributed by atoms with Gasteiger partial charge in [0, 0.05) is 38.7 Å². The van der Waals surface area contributed by atoms with Crippen LogP contribution >= 0.6 is 0 Å². The van der Waals surface area contributed by atoms with Gasteiger partial charge in [0.15, 0.2) is 11.6 Å². The van der Waals surface area contributed by atoms with E-state index in [-0.39, 0.29) is 11.3 Å². The van der Waals surface area contributed by atoms with E-state index in [4.69, 9.17) is 9.47 Å². The third-order valence-electron chi connectivity index (χ3n) is 5.78. The van der Waals surface area contributed by atoms with Crippen LogP contribution in [0.3, 0.4) is 0 Å². The Bertz CT molecular complexity index is 1100. The largest absolute Gasteiger partial charge is 0.491 e. The molecule has 5 rings (SSSR count). The Morgan fingerprint density at radius 2 is 2.10 bits per heavy atom. The number of carbonyl (C=O) groups excluding carboxylic acids is 1. The first-order valence-corrected chi connectivity index (χ1v) is 10.1. The molecular weight excluding hydrogens is 396 g/mol. The summed E-state index contributed by atoms with van der Waals surface area (Å²) >= 11 is 0. The van der Waals surface area contributed by atoms with Gasteiger partial charge in [0.1, 0.15) is 0 Å². The number of aromatic amines is 1. The number of H-pyrrole nitrogens is 1. The Labute approximate surface area is 179 Å². The van der Waals surface area contributed by atoms with Gasteiger partial charge in [-0.2, -0.15) is 0 Å². The van der Waals surface area contributed by atoms with Gasteiger partial charge in [-0.1, -0.05) is 0 Å². The van der Waals surface area contributed by atoms with Gasteiger partial charge >= 0.3 is 0 Å². The van der Waals surface area contributed by atoms with Crippen LogP contribution in [0.25, 0.3) is 11.4 Å². The molecule has 1 spiro atoms. The van der Waals surface area contributed by atoms with E-state index >= 15 is 0 Å². The van der Waals surface area contributed by atoms with Crippen molar-refractivity contribution in [2.75, 3.05) is 50.7 Å². The van der Waals surface area contributed by atoms with E-state index in [1.54, 1.807) is 26.6 Å².